The van der Waals surface area contributed by atoms with Crippen molar-refractivity contribution in [2.24, 2.45) is 5.92 Å². The van der Waals surface area contributed by atoms with Gasteiger partial charge in [-0.15, -0.1) is 0 Å². The minimum atomic E-state index is -1.03. The molecule has 6 heteroatoms. The molecule has 6 nitrogen and oxygen atoms in total. The smallest absolute Gasteiger partial charge is 0.334 e. The Balaban J connectivity index is 1.83. The lowest BCUT2D eigenvalue weighted by molar-refractivity contribution is -0.168. The molecule has 2 rings (SSSR count). The molecule has 0 radical (unpaired) electrons. The van der Waals surface area contributed by atoms with Crippen molar-refractivity contribution in [2.45, 2.75) is 57.8 Å². The first kappa shape index (κ1) is 16.2. The summed E-state index contributed by atoms with van der Waals surface area (Å²) in [5.41, 5.74) is 0. The van der Waals surface area contributed by atoms with Crippen LogP contribution >= 0.6 is 0 Å². The van der Waals surface area contributed by atoms with Crippen LogP contribution in [0.25, 0.3) is 0 Å². The SMILES string of the molecule is CC1CCCCC1OCC(=O)N1CC(C(=O)O)O[C@H](C)C1. The van der Waals surface area contributed by atoms with Gasteiger partial charge in [0, 0.05) is 6.54 Å². The van der Waals surface area contributed by atoms with Crippen molar-refractivity contribution >= 4 is 11.9 Å². The lowest BCUT2D eigenvalue weighted by atomic mass is 9.88. The van der Waals surface area contributed by atoms with E-state index in [1.807, 2.05) is 0 Å². The molecule has 1 heterocycles. The number of carboxylic acids is 1. The van der Waals surface area contributed by atoms with Crippen molar-refractivity contribution in [3.8, 4) is 0 Å². The Morgan fingerprint density at radius 3 is 2.62 bits per heavy atom. The highest BCUT2D eigenvalue weighted by atomic mass is 16.5. The number of hydrogen-bond acceptors (Lipinski definition) is 4. The molecule has 2 aliphatic rings. The van der Waals surface area contributed by atoms with Crippen molar-refractivity contribution in [2.75, 3.05) is 19.7 Å². The van der Waals surface area contributed by atoms with E-state index < -0.39 is 12.1 Å². The highest BCUT2D eigenvalue weighted by Gasteiger charge is 2.33. The Labute approximate surface area is 125 Å². The average Bonchev–Trinajstić information content (AvgIpc) is 2.45. The Kier molecular flexibility index (Phi) is 5.58. The molecule has 120 valence electrons. The molecular weight excluding hydrogens is 274 g/mol. The quantitative estimate of drug-likeness (QED) is 0.846. The molecule has 1 saturated carbocycles. The van der Waals surface area contributed by atoms with Crippen LogP contribution in [0.5, 0.6) is 0 Å². The van der Waals surface area contributed by atoms with Gasteiger partial charge in [-0.25, -0.2) is 4.79 Å². The molecule has 21 heavy (non-hydrogen) atoms. The van der Waals surface area contributed by atoms with E-state index in [1.165, 1.54) is 6.42 Å². The van der Waals surface area contributed by atoms with Gasteiger partial charge in [-0.1, -0.05) is 19.8 Å². The number of carboxylic acid groups (broad SMARTS) is 1. The van der Waals surface area contributed by atoms with Gasteiger partial charge in [0.2, 0.25) is 5.91 Å². The van der Waals surface area contributed by atoms with Gasteiger partial charge in [0.05, 0.1) is 18.8 Å². The number of carbonyl (C=O) groups is 2. The number of rotatable bonds is 4. The summed E-state index contributed by atoms with van der Waals surface area (Å²) in [6, 6.07) is 0. The molecule has 0 spiro atoms. The van der Waals surface area contributed by atoms with Crippen LogP contribution in [-0.4, -0.2) is 59.9 Å². The number of hydrogen-bond donors (Lipinski definition) is 1. The minimum Gasteiger partial charge on any atom is -0.479 e. The molecule has 1 aliphatic carbocycles. The van der Waals surface area contributed by atoms with Crippen molar-refractivity contribution in [3.63, 3.8) is 0 Å². The zero-order valence-electron chi connectivity index (χ0n) is 12.8. The molecule has 4 atom stereocenters. The van der Waals surface area contributed by atoms with Crippen LogP contribution in [0.2, 0.25) is 0 Å². The molecule has 1 aliphatic heterocycles. The van der Waals surface area contributed by atoms with E-state index >= 15 is 0 Å². The maximum atomic E-state index is 12.2. The van der Waals surface area contributed by atoms with E-state index in [9.17, 15) is 9.59 Å². The van der Waals surface area contributed by atoms with E-state index in [1.54, 1.807) is 11.8 Å². The number of morpholine rings is 1. The summed E-state index contributed by atoms with van der Waals surface area (Å²) in [7, 11) is 0. The average molecular weight is 299 g/mol. The molecule has 3 unspecified atom stereocenters. The highest BCUT2D eigenvalue weighted by Crippen LogP contribution is 2.26. The molecule has 0 bridgehead atoms. The summed E-state index contributed by atoms with van der Waals surface area (Å²) in [5.74, 6) is -0.683. The lowest BCUT2D eigenvalue weighted by Crippen LogP contribution is -2.52. The molecule has 1 saturated heterocycles. The summed E-state index contributed by atoms with van der Waals surface area (Å²) in [6.45, 7) is 4.49. The standard InChI is InChI=1S/C15H25NO5/c1-10-5-3-4-6-12(10)20-9-14(17)16-7-11(2)21-13(8-16)15(18)19/h10-13H,3-9H2,1-2H3,(H,18,19)/t10?,11-,12?,13?/m1/s1. The highest BCUT2D eigenvalue weighted by molar-refractivity contribution is 5.79. The second kappa shape index (κ2) is 7.22. The third kappa shape index (κ3) is 4.41. The molecular formula is C15H25NO5. The molecule has 0 aromatic rings. The fraction of sp³-hybridized carbons (Fsp3) is 0.867. The van der Waals surface area contributed by atoms with Crippen LogP contribution < -0.4 is 0 Å². The normalized spacial score (nSPS) is 33.7. The van der Waals surface area contributed by atoms with Crippen LogP contribution in [0, 0.1) is 5.92 Å². The number of aliphatic carboxylic acids is 1. The third-order valence-corrected chi connectivity index (χ3v) is 4.34. The Hall–Kier alpha value is -1.14. The molecule has 1 amide bonds. The van der Waals surface area contributed by atoms with Crippen LogP contribution in [0.1, 0.15) is 39.5 Å². The van der Waals surface area contributed by atoms with E-state index in [4.69, 9.17) is 14.6 Å². The predicted molar refractivity (Wildman–Crippen MR) is 75.9 cm³/mol. The van der Waals surface area contributed by atoms with Gasteiger partial charge in [-0.05, 0) is 25.7 Å². The number of ether oxygens (including phenoxy) is 2. The topological polar surface area (TPSA) is 76.1 Å². The first-order valence-corrected chi connectivity index (χ1v) is 7.75. The van der Waals surface area contributed by atoms with Crippen LogP contribution in [0.15, 0.2) is 0 Å². The van der Waals surface area contributed by atoms with E-state index in [0.29, 0.717) is 12.5 Å². The van der Waals surface area contributed by atoms with Crippen LogP contribution in [-0.2, 0) is 19.1 Å². The largest absolute Gasteiger partial charge is 0.479 e. The van der Waals surface area contributed by atoms with Gasteiger partial charge >= 0.3 is 5.97 Å². The summed E-state index contributed by atoms with van der Waals surface area (Å²) in [5, 5.41) is 9.03. The summed E-state index contributed by atoms with van der Waals surface area (Å²) in [4.78, 5) is 24.8. The monoisotopic (exact) mass is 299 g/mol. The maximum absolute atomic E-state index is 12.2. The number of carbonyl (C=O) groups excluding carboxylic acids is 1. The van der Waals surface area contributed by atoms with Gasteiger partial charge in [-0.3, -0.25) is 4.79 Å². The zero-order valence-corrected chi connectivity index (χ0v) is 12.8. The van der Waals surface area contributed by atoms with E-state index in [2.05, 4.69) is 6.92 Å². The fourth-order valence-corrected chi connectivity index (χ4v) is 3.09. The predicted octanol–water partition coefficient (Wildman–Crippen LogP) is 1.28. The van der Waals surface area contributed by atoms with E-state index in [-0.39, 0.29) is 31.3 Å². The molecule has 2 fully saturated rings. The van der Waals surface area contributed by atoms with Gasteiger partial charge in [-0.2, -0.15) is 0 Å². The first-order valence-electron chi connectivity index (χ1n) is 7.75. The fourth-order valence-electron chi connectivity index (χ4n) is 3.09. The summed E-state index contributed by atoms with van der Waals surface area (Å²) >= 11 is 0. The Morgan fingerprint density at radius 2 is 1.95 bits per heavy atom. The Bertz CT molecular complexity index is 386. The van der Waals surface area contributed by atoms with Crippen molar-refractivity contribution in [1.82, 2.24) is 4.90 Å². The molecule has 0 aromatic carbocycles. The van der Waals surface area contributed by atoms with Gasteiger partial charge < -0.3 is 19.5 Å². The summed E-state index contributed by atoms with van der Waals surface area (Å²) < 4.78 is 11.1. The lowest BCUT2D eigenvalue weighted by Gasteiger charge is -2.35. The number of amides is 1. The van der Waals surface area contributed by atoms with Gasteiger partial charge in [0.15, 0.2) is 6.10 Å². The molecule has 1 N–H and O–H groups in total. The first-order chi connectivity index (χ1) is 9.97. The minimum absolute atomic E-state index is 0.0358. The van der Waals surface area contributed by atoms with Crippen molar-refractivity contribution < 1.29 is 24.2 Å². The van der Waals surface area contributed by atoms with Crippen molar-refractivity contribution in [3.05, 3.63) is 0 Å². The third-order valence-electron chi connectivity index (χ3n) is 4.34. The maximum Gasteiger partial charge on any atom is 0.334 e. The summed E-state index contributed by atoms with van der Waals surface area (Å²) in [6.07, 6.45) is 3.48. The zero-order chi connectivity index (χ0) is 15.4. The van der Waals surface area contributed by atoms with E-state index in [0.717, 1.165) is 19.3 Å². The van der Waals surface area contributed by atoms with Crippen LogP contribution in [0.4, 0.5) is 0 Å². The van der Waals surface area contributed by atoms with Gasteiger partial charge in [0.25, 0.3) is 0 Å². The number of nitrogens with zero attached hydrogens (tertiary/aromatic N) is 1. The second-order valence-corrected chi connectivity index (χ2v) is 6.18. The van der Waals surface area contributed by atoms with Crippen molar-refractivity contribution in [1.29, 1.82) is 0 Å². The van der Waals surface area contributed by atoms with Gasteiger partial charge in [0.1, 0.15) is 6.61 Å². The second-order valence-electron chi connectivity index (χ2n) is 6.18. The Morgan fingerprint density at radius 1 is 1.24 bits per heavy atom. The van der Waals surface area contributed by atoms with Crippen LogP contribution in [0.3, 0.4) is 0 Å². The molecule has 0 aromatic heterocycles.